The molecule has 1 aliphatic heterocycles. The van der Waals surface area contributed by atoms with E-state index in [0.717, 1.165) is 0 Å². The number of benzene rings is 1. The third kappa shape index (κ3) is 5.44. The molecule has 0 radical (unpaired) electrons. The molecule has 0 aromatic heterocycles. The number of hydrogen-bond acceptors (Lipinski definition) is 4. The van der Waals surface area contributed by atoms with Crippen LogP contribution in [0.4, 0.5) is 4.39 Å². The van der Waals surface area contributed by atoms with Gasteiger partial charge in [0, 0.05) is 20.1 Å². The van der Waals surface area contributed by atoms with Crippen LogP contribution in [0.2, 0.25) is 0 Å². The van der Waals surface area contributed by atoms with Crippen molar-refractivity contribution in [2.45, 2.75) is 12.8 Å². The first kappa shape index (κ1) is 18.7. The average molecular weight is 352 g/mol. The van der Waals surface area contributed by atoms with Gasteiger partial charge in [-0.05, 0) is 37.1 Å². The molecule has 1 unspecified atom stereocenters. The first-order valence-corrected chi connectivity index (χ1v) is 7.99. The number of hydrogen-bond donors (Lipinski definition) is 1. The van der Waals surface area contributed by atoms with E-state index in [2.05, 4.69) is 0 Å². The van der Waals surface area contributed by atoms with Gasteiger partial charge in [0.25, 0.3) is 5.91 Å². The molecule has 2 rings (SSSR count). The summed E-state index contributed by atoms with van der Waals surface area (Å²) in [5, 5.41) is 9.06. The molecule has 1 aromatic rings. The number of carbonyl (C=O) groups excluding carboxylic acids is 2. The van der Waals surface area contributed by atoms with Crippen molar-refractivity contribution >= 4 is 17.8 Å². The highest BCUT2D eigenvalue weighted by Crippen LogP contribution is 2.17. The fourth-order valence-electron chi connectivity index (χ4n) is 2.58. The Kier molecular flexibility index (Phi) is 6.32. The minimum Gasteiger partial charge on any atom is -0.484 e. The smallest absolute Gasteiger partial charge is 0.308 e. The first-order valence-electron chi connectivity index (χ1n) is 7.99. The van der Waals surface area contributed by atoms with Crippen molar-refractivity contribution in [3.63, 3.8) is 0 Å². The molecule has 1 atom stereocenters. The van der Waals surface area contributed by atoms with Gasteiger partial charge in [-0.1, -0.05) is 0 Å². The number of likely N-dealkylation sites (tertiary alicyclic amines) is 1. The predicted octanol–water partition coefficient (Wildman–Crippen LogP) is 0.986. The third-order valence-corrected chi connectivity index (χ3v) is 4.10. The molecule has 2 amide bonds. The molecule has 1 fully saturated rings. The lowest BCUT2D eigenvalue weighted by Gasteiger charge is -2.32. The number of carboxylic acid groups (broad SMARTS) is 1. The number of likely N-dealkylation sites (N-methyl/N-ethyl adjacent to an activating group) is 1. The van der Waals surface area contributed by atoms with E-state index in [4.69, 9.17) is 9.84 Å². The fraction of sp³-hybridized carbons (Fsp3) is 0.471. The van der Waals surface area contributed by atoms with Crippen molar-refractivity contribution in [2.24, 2.45) is 5.92 Å². The first-order chi connectivity index (χ1) is 11.9. The maximum absolute atomic E-state index is 12.8. The Morgan fingerprint density at radius 1 is 1.32 bits per heavy atom. The lowest BCUT2D eigenvalue weighted by Crippen LogP contribution is -2.47. The van der Waals surface area contributed by atoms with Gasteiger partial charge < -0.3 is 19.6 Å². The SMILES string of the molecule is CN(CC(=O)N1CCCC(C(=O)O)C1)C(=O)COc1ccc(F)cc1. The van der Waals surface area contributed by atoms with Gasteiger partial charge in [-0.25, -0.2) is 4.39 Å². The van der Waals surface area contributed by atoms with E-state index in [9.17, 15) is 18.8 Å². The second-order valence-corrected chi connectivity index (χ2v) is 6.01. The van der Waals surface area contributed by atoms with Gasteiger partial charge in [-0.15, -0.1) is 0 Å². The molecular weight excluding hydrogens is 331 g/mol. The van der Waals surface area contributed by atoms with E-state index in [1.54, 1.807) is 0 Å². The molecule has 1 N–H and O–H groups in total. The molecule has 7 nitrogen and oxygen atoms in total. The summed E-state index contributed by atoms with van der Waals surface area (Å²) >= 11 is 0. The van der Waals surface area contributed by atoms with E-state index in [1.807, 2.05) is 0 Å². The lowest BCUT2D eigenvalue weighted by molar-refractivity contribution is -0.147. The zero-order valence-electron chi connectivity index (χ0n) is 14.0. The van der Waals surface area contributed by atoms with Crippen LogP contribution in [-0.4, -0.2) is 66.0 Å². The summed E-state index contributed by atoms with van der Waals surface area (Å²) in [7, 11) is 1.48. The third-order valence-electron chi connectivity index (χ3n) is 4.10. The highest BCUT2D eigenvalue weighted by atomic mass is 19.1. The average Bonchev–Trinajstić information content (AvgIpc) is 2.60. The summed E-state index contributed by atoms with van der Waals surface area (Å²) < 4.78 is 18.1. The van der Waals surface area contributed by atoms with Gasteiger partial charge in [0.1, 0.15) is 11.6 Å². The number of ether oxygens (including phenoxy) is 1. The number of nitrogens with zero attached hydrogens (tertiary/aromatic N) is 2. The molecule has 0 bridgehead atoms. The standard InChI is InChI=1S/C17H21FN2O5/c1-19(16(22)11-25-14-6-4-13(18)5-7-14)10-15(21)20-8-2-3-12(9-20)17(23)24/h4-7,12H,2-3,8-11H2,1H3,(H,23,24). The van der Waals surface area contributed by atoms with E-state index in [-0.39, 0.29) is 25.6 Å². The number of aliphatic carboxylic acids is 1. The number of amides is 2. The summed E-state index contributed by atoms with van der Waals surface area (Å²) in [6, 6.07) is 5.27. The van der Waals surface area contributed by atoms with Crippen LogP contribution >= 0.6 is 0 Å². The summed E-state index contributed by atoms with van der Waals surface area (Å²) in [5.41, 5.74) is 0. The van der Waals surface area contributed by atoms with E-state index in [1.165, 1.54) is 41.1 Å². The Hall–Kier alpha value is -2.64. The quantitative estimate of drug-likeness (QED) is 0.825. The topological polar surface area (TPSA) is 87.2 Å². The van der Waals surface area contributed by atoms with Crippen molar-refractivity contribution in [1.29, 1.82) is 0 Å². The number of carbonyl (C=O) groups is 3. The Morgan fingerprint density at radius 3 is 2.64 bits per heavy atom. The predicted molar refractivity (Wildman–Crippen MR) is 86.5 cm³/mol. The molecule has 8 heteroatoms. The van der Waals surface area contributed by atoms with Crippen LogP contribution in [0.5, 0.6) is 5.75 Å². The van der Waals surface area contributed by atoms with E-state index >= 15 is 0 Å². The zero-order valence-corrected chi connectivity index (χ0v) is 14.0. The number of piperidine rings is 1. The van der Waals surface area contributed by atoms with Crippen molar-refractivity contribution in [3.8, 4) is 5.75 Å². The summed E-state index contributed by atoms with van der Waals surface area (Å²) in [5.74, 6) is -2.19. The van der Waals surface area contributed by atoms with Gasteiger partial charge in [0.05, 0.1) is 12.5 Å². The molecule has 136 valence electrons. The molecule has 0 spiro atoms. The summed E-state index contributed by atoms with van der Waals surface area (Å²) in [6.07, 6.45) is 1.19. The highest BCUT2D eigenvalue weighted by molar-refractivity contribution is 5.85. The van der Waals surface area contributed by atoms with Crippen LogP contribution in [0.3, 0.4) is 0 Å². The Balaban J connectivity index is 1.80. The lowest BCUT2D eigenvalue weighted by atomic mass is 9.98. The van der Waals surface area contributed by atoms with Crippen LogP contribution < -0.4 is 4.74 Å². The largest absolute Gasteiger partial charge is 0.484 e. The minimum absolute atomic E-state index is 0.141. The normalized spacial score (nSPS) is 17.0. The maximum atomic E-state index is 12.8. The van der Waals surface area contributed by atoms with Gasteiger partial charge in [-0.3, -0.25) is 14.4 Å². The van der Waals surface area contributed by atoms with Gasteiger partial charge in [0.15, 0.2) is 6.61 Å². The van der Waals surface area contributed by atoms with Crippen LogP contribution in [-0.2, 0) is 14.4 Å². The second-order valence-electron chi connectivity index (χ2n) is 6.01. The monoisotopic (exact) mass is 352 g/mol. The van der Waals surface area contributed by atoms with Crippen molar-refractivity contribution in [3.05, 3.63) is 30.1 Å². The Labute approximate surface area is 145 Å². The van der Waals surface area contributed by atoms with Crippen LogP contribution in [0.15, 0.2) is 24.3 Å². The van der Waals surface area contributed by atoms with Gasteiger partial charge in [-0.2, -0.15) is 0 Å². The molecule has 1 saturated heterocycles. The fourth-order valence-corrected chi connectivity index (χ4v) is 2.58. The molecular formula is C17H21FN2O5. The zero-order chi connectivity index (χ0) is 18.4. The maximum Gasteiger partial charge on any atom is 0.308 e. The van der Waals surface area contributed by atoms with E-state index in [0.29, 0.717) is 25.1 Å². The van der Waals surface area contributed by atoms with Crippen LogP contribution in [0.25, 0.3) is 0 Å². The Morgan fingerprint density at radius 2 is 2.00 bits per heavy atom. The number of halogens is 1. The van der Waals surface area contributed by atoms with E-state index < -0.39 is 23.6 Å². The summed E-state index contributed by atoms with van der Waals surface area (Å²) in [4.78, 5) is 38.0. The van der Waals surface area contributed by atoms with Crippen molar-refractivity contribution in [1.82, 2.24) is 9.80 Å². The van der Waals surface area contributed by atoms with Crippen LogP contribution in [0, 0.1) is 11.7 Å². The molecule has 1 heterocycles. The highest BCUT2D eigenvalue weighted by Gasteiger charge is 2.28. The molecule has 1 aliphatic rings. The van der Waals surface area contributed by atoms with Crippen LogP contribution in [0.1, 0.15) is 12.8 Å². The molecule has 1 aromatic carbocycles. The summed E-state index contributed by atoms with van der Waals surface area (Å²) in [6.45, 7) is 0.254. The molecule has 0 saturated carbocycles. The van der Waals surface area contributed by atoms with Gasteiger partial charge in [0.2, 0.25) is 5.91 Å². The number of carboxylic acids is 1. The second kappa shape index (κ2) is 8.46. The van der Waals surface area contributed by atoms with Crippen molar-refractivity contribution < 1.29 is 28.6 Å². The number of rotatable bonds is 6. The molecule has 25 heavy (non-hydrogen) atoms. The van der Waals surface area contributed by atoms with Crippen molar-refractivity contribution in [2.75, 3.05) is 33.3 Å². The molecule has 0 aliphatic carbocycles. The Bertz CT molecular complexity index is 634. The van der Waals surface area contributed by atoms with Gasteiger partial charge >= 0.3 is 5.97 Å². The minimum atomic E-state index is -0.908.